The quantitative estimate of drug-likeness (QED) is 0.842. The van der Waals surface area contributed by atoms with Crippen molar-refractivity contribution >= 4 is 17.7 Å². The van der Waals surface area contributed by atoms with Crippen LogP contribution in [0.3, 0.4) is 0 Å². The molecule has 1 atom stereocenters. The van der Waals surface area contributed by atoms with Crippen molar-refractivity contribution in [1.82, 2.24) is 5.32 Å². The van der Waals surface area contributed by atoms with Gasteiger partial charge in [-0.1, -0.05) is 12.1 Å². The van der Waals surface area contributed by atoms with E-state index >= 15 is 0 Å². The highest BCUT2D eigenvalue weighted by molar-refractivity contribution is 7.99. The van der Waals surface area contributed by atoms with Gasteiger partial charge in [-0.15, -0.1) is 0 Å². The Labute approximate surface area is 144 Å². The van der Waals surface area contributed by atoms with Crippen LogP contribution in [0.15, 0.2) is 40.8 Å². The van der Waals surface area contributed by atoms with Crippen molar-refractivity contribution in [2.45, 2.75) is 24.9 Å². The molecule has 0 saturated carbocycles. The lowest BCUT2D eigenvalue weighted by atomic mass is 10.0. The highest BCUT2D eigenvalue weighted by atomic mass is 32.2. The van der Waals surface area contributed by atoms with Crippen LogP contribution >= 0.6 is 11.8 Å². The van der Waals surface area contributed by atoms with E-state index < -0.39 is 5.60 Å². The molecule has 6 heteroatoms. The maximum Gasteiger partial charge on any atom is 0.220 e. The van der Waals surface area contributed by atoms with Crippen LogP contribution in [0.2, 0.25) is 0 Å². The van der Waals surface area contributed by atoms with Gasteiger partial charge in [0.1, 0.15) is 17.3 Å². The molecule has 0 aliphatic carbocycles. The highest BCUT2D eigenvalue weighted by Gasteiger charge is 2.31. The summed E-state index contributed by atoms with van der Waals surface area (Å²) >= 11 is 1.70. The molecule has 24 heavy (non-hydrogen) atoms. The smallest absolute Gasteiger partial charge is 0.220 e. The summed E-state index contributed by atoms with van der Waals surface area (Å²) in [5.41, 5.74) is -0.364. The van der Waals surface area contributed by atoms with Crippen molar-refractivity contribution in [1.29, 1.82) is 0 Å². The van der Waals surface area contributed by atoms with Gasteiger partial charge in [-0.05, 0) is 36.4 Å². The van der Waals surface area contributed by atoms with Crippen LogP contribution in [0, 0.1) is 5.82 Å². The number of hydrogen-bond acceptors (Lipinski definition) is 4. The van der Waals surface area contributed by atoms with E-state index in [9.17, 15) is 14.3 Å². The monoisotopic (exact) mass is 349 g/mol. The average molecular weight is 349 g/mol. The Morgan fingerprint density at radius 2 is 2.17 bits per heavy atom. The number of benzene rings is 1. The van der Waals surface area contributed by atoms with Gasteiger partial charge in [0.2, 0.25) is 5.91 Å². The summed E-state index contributed by atoms with van der Waals surface area (Å²) in [4.78, 5) is 11.9. The third-order valence-electron chi connectivity index (χ3n) is 4.10. The number of halogens is 1. The molecular formula is C18H20FNO3S. The van der Waals surface area contributed by atoms with Crippen molar-refractivity contribution in [2.75, 3.05) is 18.1 Å². The van der Waals surface area contributed by atoms with E-state index in [1.54, 1.807) is 42.1 Å². The van der Waals surface area contributed by atoms with Crippen LogP contribution in [0.25, 0.3) is 11.3 Å². The zero-order chi connectivity index (χ0) is 17.0. The maximum absolute atomic E-state index is 13.7. The molecule has 4 nitrogen and oxygen atoms in total. The number of aliphatic hydroxyl groups is 1. The first-order chi connectivity index (χ1) is 11.6. The molecule has 1 aliphatic rings. The molecule has 0 radical (unpaired) electrons. The predicted molar refractivity (Wildman–Crippen MR) is 92.3 cm³/mol. The maximum atomic E-state index is 13.7. The third kappa shape index (κ3) is 4.19. The van der Waals surface area contributed by atoms with Crippen LogP contribution in [-0.4, -0.2) is 34.7 Å². The topological polar surface area (TPSA) is 62.5 Å². The lowest BCUT2D eigenvalue weighted by molar-refractivity contribution is -0.122. The van der Waals surface area contributed by atoms with Gasteiger partial charge in [0.05, 0.1) is 11.2 Å². The standard InChI is InChI=1S/C18H20FNO3S/c19-15-4-2-1-3-14(15)16-7-5-13(23-16)6-8-17(21)20-11-18(22)9-10-24-12-18/h1-5,7,22H,6,8-12H2,(H,20,21). The Morgan fingerprint density at radius 3 is 2.92 bits per heavy atom. The number of carbonyl (C=O) groups excluding carboxylic acids is 1. The molecule has 1 saturated heterocycles. The van der Waals surface area contributed by atoms with E-state index in [1.165, 1.54) is 6.07 Å². The number of aryl methyl sites for hydroxylation is 1. The fourth-order valence-corrected chi connectivity index (χ4v) is 3.94. The number of carbonyl (C=O) groups is 1. The second kappa shape index (κ2) is 7.40. The van der Waals surface area contributed by atoms with Crippen LogP contribution in [0.1, 0.15) is 18.6 Å². The van der Waals surface area contributed by atoms with Gasteiger partial charge in [-0.3, -0.25) is 4.79 Å². The molecule has 0 spiro atoms. The predicted octanol–water partition coefficient (Wildman–Crippen LogP) is 3.00. The molecular weight excluding hydrogens is 329 g/mol. The lowest BCUT2D eigenvalue weighted by Gasteiger charge is -2.21. The van der Waals surface area contributed by atoms with Crippen LogP contribution < -0.4 is 5.32 Å². The van der Waals surface area contributed by atoms with Gasteiger partial charge in [0.15, 0.2) is 0 Å². The minimum Gasteiger partial charge on any atom is -0.461 e. The van der Waals surface area contributed by atoms with Crippen LogP contribution in [0.4, 0.5) is 4.39 Å². The normalized spacial score (nSPS) is 20.2. The number of nitrogens with one attached hydrogen (secondary N) is 1. The molecule has 1 fully saturated rings. The highest BCUT2D eigenvalue weighted by Crippen LogP contribution is 2.27. The average Bonchev–Trinajstić information content (AvgIpc) is 3.21. The zero-order valence-corrected chi connectivity index (χ0v) is 14.1. The first kappa shape index (κ1) is 17.0. The van der Waals surface area contributed by atoms with Gasteiger partial charge in [0.25, 0.3) is 0 Å². The minimum absolute atomic E-state index is 0.121. The number of hydrogen-bond donors (Lipinski definition) is 2. The molecule has 2 N–H and O–H groups in total. The zero-order valence-electron chi connectivity index (χ0n) is 13.3. The van der Waals surface area contributed by atoms with E-state index in [0.717, 1.165) is 5.75 Å². The van der Waals surface area contributed by atoms with Crippen LogP contribution in [-0.2, 0) is 11.2 Å². The summed E-state index contributed by atoms with van der Waals surface area (Å²) < 4.78 is 19.4. The summed E-state index contributed by atoms with van der Waals surface area (Å²) in [6, 6.07) is 9.90. The summed E-state index contributed by atoms with van der Waals surface area (Å²) in [6.45, 7) is 0.289. The molecule has 2 heterocycles. The summed E-state index contributed by atoms with van der Waals surface area (Å²) in [7, 11) is 0. The van der Waals surface area contributed by atoms with E-state index in [2.05, 4.69) is 5.32 Å². The number of furan rings is 1. The summed E-state index contributed by atoms with van der Waals surface area (Å²) in [5, 5.41) is 13.0. The molecule has 3 rings (SSSR count). The SMILES string of the molecule is O=C(CCc1ccc(-c2ccccc2F)o1)NCC1(O)CCSC1. The van der Waals surface area contributed by atoms with Crippen molar-refractivity contribution in [3.8, 4) is 11.3 Å². The molecule has 1 aromatic heterocycles. The number of rotatable bonds is 6. The molecule has 1 aliphatic heterocycles. The second-order valence-electron chi connectivity index (χ2n) is 6.05. The van der Waals surface area contributed by atoms with Gasteiger partial charge in [-0.2, -0.15) is 11.8 Å². The lowest BCUT2D eigenvalue weighted by Crippen LogP contribution is -2.43. The fraction of sp³-hybridized carbons (Fsp3) is 0.389. The van der Waals surface area contributed by atoms with E-state index in [-0.39, 0.29) is 24.7 Å². The van der Waals surface area contributed by atoms with Crippen LogP contribution in [0.5, 0.6) is 0 Å². The van der Waals surface area contributed by atoms with Crippen molar-refractivity contribution in [2.24, 2.45) is 0 Å². The molecule has 128 valence electrons. The van der Waals surface area contributed by atoms with Gasteiger partial charge in [-0.25, -0.2) is 4.39 Å². The third-order valence-corrected chi connectivity index (χ3v) is 5.33. The Kier molecular flexibility index (Phi) is 5.26. The van der Waals surface area contributed by atoms with E-state index in [0.29, 0.717) is 35.7 Å². The molecule has 2 aromatic rings. The summed E-state index contributed by atoms with van der Waals surface area (Å²) in [5.74, 6) is 2.23. The molecule has 1 amide bonds. The van der Waals surface area contributed by atoms with E-state index in [1.807, 2.05) is 0 Å². The fourth-order valence-electron chi connectivity index (χ4n) is 2.64. The number of amides is 1. The van der Waals surface area contributed by atoms with Gasteiger partial charge in [0, 0.05) is 25.1 Å². The largest absolute Gasteiger partial charge is 0.461 e. The van der Waals surface area contributed by atoms with Crippen molar-refractivity contribution < 1.29 is 18.7 Å². The Hall–Kier alpha value is -1.79. The Bertz CT molecular complexity index is 710. The molecule has 0 bridgehead atoms. The number of thioether (sulfide) groups is 1. The van der Waals surface area contributed by atoms with Crippen molar-refractivity contribution in [3.63, 3.8) is 0 Å². The molecule has 1 unspecified atom stereocenters. The minimum atomic E-state index is -0.775. The second-order valence-corrected chi connectivity index (χ2v) is 7.15. The first-order valence-electron chi connectivity index (χ1n) is 7.96. The molecule has 1 aromatic carbocycles. The first-order valence-corrected chi connectivity index (χ1v) is 9.12. The van der Waals surface area contributed by atoms with Gasteiger partial charge >= 0.3 is 0 Å². The van der Waals surface area contributed by atoms with Gasteiger partial charge < -0.3 is 14.8 Å². The Balaban J connectivity index is 1.50. The van der Waals surface area contributed by atoms with Crippen molar-refractivity contribution in [3.05, 3.63) is 48.0 Å². The van der Waals surface area contributed by atoms with E-state index in [4.69, 9.17) is 4.42 Å². The Morgan fingerprint density at radius 1 is 1.33 bits per heavy atom. The summed E-state index contributed by atoms with van der Waals surface area (Å²) in [6.07, 6.45) is 1.42.